The summed E-state index contributed by atoms with van der Waals surface area (Å²) >= 11 is 0. The number of likely N-dealkylation sites (tertiary alicyclic amines) is 1. The fourth-order valence-corrected chi connectivity index (χ4v) is 3.70. The van der Waals surface area contributed by atoms with Crippen molar-refractivity contribution < 1.29 is 19.1 Å². The van der Waals surface area contributed by atoms with Crippen LogP contribution in [0.15, 0.2) is 65.3 Å². The predicted molar refractivity (Wildman–Crippen MR) is 129 cm³/mol. The van der Waals surface area contributed by atoms with Crippen molar-refractivity contribution in [2.75, 3.05) is 33.4 Å². The third-order valence-corrected chi connectivity index (χ3v) is 5.89. The third-order valence-electron chi connectivity index (χ3n) is 5.89. The largest absolute Gasteiger partial charge is 0.496 e. The first-order valence-electron chi connectivity index (χ1n) is 11.1. The molecule has 0 bridgehead atoms. The number of rotatable bonds is 12. The fraction of sp³-hybridized carbons (Fsp3) is 0.407. The van der Waals surface area contributed by atoms with Gasteiger partial charge >= 0.3 is 0 Å². The number of nitrogens with zero attached hydrogens (tertiary/aromatic N) is 1. The van der Waals surface area contributed by atoms with Crippen LogP contribution in [-0.2, 0) is 14.3 Å². The normalized spacial score (nSPS) is 16.5. The molecule has 1 saturated heterocycles. The van der Waals surface area contributed by atoms with E-state index >= 15 is 0 Å². The number of benzene rings is 1. The monoisotopic (exact) mass is 437 g/mol. The SMILES string of the molecule is C=C(C/C=C\C(C)=C(/COC=O)CN1CCC(C)CC1)/C(C=O)=C/c1ccccc1OC. The molecule has 0 N–H and O–H groups in total. The summed E-state index contributed by atoms with van der Waals surface area (Å²) in [5.74, 6) is 1.48. The number of para-hydroxylation sites is 1. The lowest BCUT2D eigenvalue weighted by atomic mass is 9.98. The molecule has 32 heavy (non-hydrogen) atoms. The average Bonchev–Trinajstić information content (AvgIpc) is 2.81. The van der Waals surface area contributed by atoms with Gasteiger partial charge in [-0.1, -0.05) is 43.9 Å². The van der Waals surface area contributed by atoms with Crippen molar-refractivity contribution in [3.05, 3.63) is 70.9 Å². The van der Waals surface area contributed by atoms with E-state index in [1.54, 1.807) is 13.2 Å². The van der Waals surface area contributed by atoms with Crippen LogP contribution in [-0.4, -0.2) is 51.0 Å². The van der Waals surface area contributed by atoms with E-state index in [-0.39, 0.29) is 0 Å². The molecule has 5 heteroatoms. The van der Waals surface area contributed by atoms with Crippen molar-refractivity contribution in [2.24, 2.45) is 5.92 Å². The van der Waals surface area contributed by atoms with E-state index in [0.29, 0.717) is 30.8 Å². The van der Waals surface area contributed by atoms with Crippen molar-refractivity contribution in [2.45, 2.75) is 33.1 Å². The summed E-state index contributed by atoms with van der Waals surface area (Å²) in [6.07, 6.45) is 9.58. The van der Waals surface area contributed by atoms with E-state index in [0.717, 1.165) is 54.1 Å². The summed E-state index contributed by atoms with van der Waals surface area (Å²) in [6.45, 7) is 12.1. The van der Waals surface area contributed by atoms with E-state index in [2.05, 4.69) is 18.4 Å². The Morgan fingerprint density at radius 3 is 2.59 bits per heavy atom. The Bertz CT molecular complexity index is 873. The predicted octanol–water partition coefficient (Wildman–Crippen LogP) is 5.00. The number of ether oxygens (including phenoxy) is 2. The summed E-state index contributed by atoms with van der Waals surface area (Å²) in [5, 5.41) is 0. The van der Waals surface area contributed by atoms with E-state index in [1.807, 2.05) is 43.3 Å². The van der Waals surface area contributed by atoms with Crippen LogP contribution < -0.4 is 4.74 Å². The first-order chi connectivity index (χ1) is 15.5. The number of allylic oxidation sites excluding steroid dienone is 5. The lowest BCUT2D eigenvalue weighted by Crippen LogP contribution is -2.35. The molecule has 0 aromatic heterocycles. The highest BCUT2D eigenvalue weighted by Crippen LogP contribution is 2.23. The van der Waals surface area contributed by atoms with Crippen LogP contribution in [0.25, 0.3) is 6.08 Å². The smallest absolute Gasteiger partial charge is 0.293 e. The molecule has 0 spiro atoms. The Kier molecular flexibility index (Phi) is 10.7. The van der Waals surface area contributed by atoms with E-state index in [9.17, 15) is 9.59 Å². The number of hydrogen-bond donors (Lipinski definition) is 0. The molecule has 0 radical (unpaired) electrons. The summed E-state index contributed by atoms with van der Waals surface area (Å²) in [4.78, 5) is 24.8. The minimum absolute atomic E-state index is 0.292. The van der Waals surface area contributed by atoms with Crippen molar-refractivity contribution >= 4 is 18.8 Å². The number of carbonyl (C=O) groups is 2. The van der Waals surface area contributed by atoms with Crippen LogP contribution in [0, 0.1) is 5.92 Å². The molecule has 2 rings (SSSR count). The average molecular weight is 438 g/mol. The van der Waals surface area contributed by atoms with Crippen LogP contribution in [0.1, 0.15) is 38.7 Å². The second-order valence-electron chi connectivity index (χ2n) is 8.32. The van der Waals surface area contributed by atoms with Crippen molar-refractivity contribution in [3.63, 3.8) is 0 Å². The van der Waals surface area contributed by atoms with Gasteiger partial charge in [0, 0.05) is 17.7 Å². The fourth-order valence-electron chi connectivity index (χ4n) is 3.70. The quantitative estimate of drug-likeness (QED) is 0.262. The zero-order valence-electron chi connectivity index (χ0n) is 19.5. The van der Waals surface area contributed by atoms with E-state index in [1.165, 1.54) is 12.8 Å². The molecule has 1 heterocycles. The second-order valence-corrected chi connectivity index (χ2v) is 8.32. The van der Waals surface area contributed by atoms with Gasteiger partial charge in [0.25, 0.3) is 6.47 Å². The van der Waals surface area contributed by atoms with Crippen LogP contribution in [0.4, 0.5) is 0 Å². The Labute approximate surface area is 192 Å². The Balaban J connectivity index is 2.07. The Morgan fingerprint density at radius 1 is 1.22 bits per heavy atom. The second kappa shape index (κ2) is 13.5. The summed E-state index contributed by atoms with van der Waals surface area (Å²) in [6, 6.07) is 7.55. The van der Waals surface area contributed by atoms with Crippen LogP contribution in [0.5, 0.6) is 5.75 Å². The maximum atomic E-state index is 11.7. The molecule has 1 fully saturated rings. The Hall–Kier alpha value is -2.92. The zero-order valence-corrected chi connectivity index (χ0v) is 19.5. The third kappa shape index (κ3) is 7.97. The van der Waals surface area contributed by atoms with Gasteiger partial charge in [0.15, 0.2) is 0 Å². The minimum Gasteiger partial charge on any atom is -0.496 e. The maximum absolute atomic E-state index is 11.7. The zero-order chi connectivity index (χ0) is 23.3. The molecule has 0 saturated carbocycles. The van der Waals surface area contributed by atoms with Crippen molar-refractivity contribution in [1.82, 2.24) is 4.90 Å². The van der Waals surface area contributed by atoms with E-state index < -0.39 is 0 Å². The van der Waals surface area contributed by atoms with Gasteiger partial charge in [-0.2, -0.15) is 0 Å². The standard InChI is InChI=1S/C27H35NO4/c1-21-12-14-28(15-13-21)17-26(19-32-20-30)23(3)9-7-8-22(2)25(18-29)16-24-10-5-6-11-27(24)31-4/h5-7,9-11,16,18,20-21H,2,8,12-15,17,19H2,1,3-4H3/b9-7-,25-16+,26-23-. The first-order valence-corrected chi connectivity index (χ1v) is 11.1. The van der Waals surface area contributed by atoms with Gasteiger partial charge in [0.05, 0.1) is 7.11 Å². The molecule has 172 valence electrons. The highest BCUT2D eigenvalue weighted by molar-refractivity contribution is 5.88. The van der Waals surface area contributed by atoms with Crippen LogP contribution in [0.2, 0.25) is 0 Å². The number of methoxy groups -OCH3 is 1. The summed E-state index contributed by atoms with van der Waals surface area (Å²) in [7, 11) is 1.61. The number of piperidine rings is 1. The lowest BCUT2D eigenvalue weighted by molar-refractivity contribution is -0.127. The highest BCUT2D eigenvalue weighted by atomic mass is 16.5. The number of hydrogen-bond acceptors (Lipinski definition) is 5. The van der Waals surface area contributed by atoms with Crippen molar-refractivity contribution in [3.8, 4) is 5.75 Å². The molecule has 0 amide bonds. The first kappa shape index (κ1) is 25.3. The summed E-state index contributed by atoms with van der Waals surface area (Å²) in [5.41, 5.74) is 4.26. The summed E-state index contributed by atoms with van der Waals surface area (Å²) < 4.78 is 10.4. The van der Waals surface area contributed by atoms with Gasteiger partial charge in [-0.25, -0.2) is 0 Å². The Morgan fingerprint density at radius 2 is 1.94 bits per heavy atom. The van der Waals surface area contributed by atoms with Gasteiger partial charge in [-0.05, 0) is 74.1 Å². The molecular weight excluding hydrogens is 402 g/mol. The van der Waals surface area contributed by atoms with E-state index in [4.69, 9.17) is 9.47 Å². The van der Waals surface area contributed by atoms with Gasteiger partial charge < -0.3 is 9.47 Å². The molecule has 0 unspecified atom stereocenters. The van der Waals surface area contributed by atoms with Gasteiger partial charge in [0.1, 0.15) is 18.6 Å². The van der Waals surface area contributed by atoms with Crippen molar-refractivity contribution in [1.29, 1.82) is 0 Å². The minimum atomic E-state index is 0.292. The molecule has 1 aliphatic heterocycles. The lowest BCUT2D eigenvalue weighted by Gasteiger charge is -2.31. The number of aldehydes is 1. The molecule has 1 aromatic carbocycles. The molecule has 0 aliphatic carbocycles. The molecule has 0 atom stereocenters. The topological polar surface area (TPSA) is 55.8 Å². The molecular formula is C27H35NO4. The van der Waals surface area contributed by atoms with Crippen LogP contribution >= 0.6 is 0 Å². The number of carbonyl (C=O) groups excluding carboxylic acids is 2. The van der Waals surface area contributed by atoms with Gasteiger partial charge in [-0.3, -0.25) is 14.5 Å². The maximum Gasteiger partial charge on any atom is 0.293 e. The van der Waals surface area contributed by atoms with Crippen LogP contribution in [0.3, 0.4) is 0 Å². The molecule has 1 aromatic rings. The molecule has 1 aliphatic rings. The van der Waals surface area contributed by atoms with Gasteiger partial charge in [0.2, 0.25) is 0 Å². The molecule has 5 nitrogen and oxygen atoms in total. The van der Waals surface area contributed by atoms with Gasteiger partial charge in [-0.15, -0.1) is 0 Å². The highest BCUT2D eigenvalue weighted by Gasteiger charge is 2.17.